The van der Waals surface area contributed by atoms with Gasteiger partial charge in [-0.2, -0.15) is 0 Å². The number of carbonyl (C=O) groups is 1. The van der Waals surface area contributed by atoms with E-state index in [0.717, 1.165) is 37.5 Å². The molecule has 1 amide bonds. The summed E-state index contributed by atoms with van der Waals surface area (Å²) < 4.78 is 26.9. The Morgan fingerprint density at radius 1 is 1.20 bits per heavy atom. The number of ether oxygens (including phenoxy) is 2. The van der Waals surface area contributed by atoms with Crippen LogP contribution in [-0.4, -0.2) is 53.1 Å². The van der Waals surface area contributed by atoms with Gasteiger partial charge in [-0.15, -0.1) is 4.72 Å². The average Bonchev–Trinajstić information content (AvgIpc) is 2.73. The summed E-state index contributed by atoms with van der Waals surface area (Å²) in [6.45, 7) is 5.65. The number of nitrogens with zero attached hydrogens (tertiary/aromatic N) is 1. The lowest BCUT2D eigenvalue weighted by Crippen LogP contribution is -2.59. The molecule has 0 bridgehead atoms. The molecule has 3 unspecified atom stereocenters. The monoisotopic (exact) mass is 436 g/mol. The Hall–Kier alpha value is -1.28. The van der Waals surface area contributed by atoms with Crippen LogP contribution < -0.4 is 9.46 Å². The minimum Gasteiger partial charge on any atom is -0.598 e. The van der Waals surface area contributed by atoms with E-state index in [1.54, 1.807) is 23.3 Å². The zero-order valence-corrected chi connectivity index (χ0v) is 19.2. The maximum Gasteiger partial charge on any atom is 0.415 e. The number of amides is 1. The number of benzene rings is 1. The van der Waals surface area contributed by atoms with Gasteiger partial charge in [-0.05, 0) is 62.5 Å². The standard InChI is InChI=1S/C23H36N2O4S/c1-17(2)18-11-13-19(14-12-18)28-16-22-21(24-30(3)27)10-7-15-25(22)23(26)29-20-8-5-4-6-9-20/h4-6,8-9,17-19,21-22,24H,7,10-16H2,1-3H3. The number of hydrogen-bond acceptors (Lipinski definition) is 5. The first-order valence-corrected chi connectivity index (χ1v) is 12.7. The van der Waals surface area contributed by atoms with Crippen molar-refractivity contribution in [3.8, 4) is 5.75 Å². The lowest BCUT2D eigenvalue weighted by atomic mass is 9.80. The van der Waals surface area contributed by atoms with Gasteiger partial charge in [0.05, 0.1) is 24.8 Å². The Bertz CT molecular complexity index is 650. The van der Waals surface area contributed by atoms with Gasteiger partial charge in [-0.3, -0.25) is 0 Å². The Morgan fingerprint density at radius 3 is 2.53 bits per heavy atom. The van der Waals surface area contributed by atoms with Gasteiger partial charge in [0.25, 0.3) is 0 Å². The second kappa shape index (κ2) is 11.4. The van der Waals surface area contributed by atoms with Crippen molar-refractivity contribution in [1.29, 1.82) is 0 Å². The Labute approximate surface area is 184 Å². The summed E-state index contributed by atoms with van der Waals surface area (Å²) in [6.07, 6.45) is 7.75. The van der Waals surface area contributed by atoms with Crippen molar-refractivity contribution in [3.05, 3.63) is 30.3 Å². The molecule has 7 heteroatoms. The third kappa shape index (κ3) is 6.61. The van der Waals surface area contributed by atoms with E-state index in [9.17, 15) is 9.35 Å². The quantitative estimate of drug-likeness (QED) is 0.651. The third-order valence-electron chi connectivity index (χ3n) is 6.44. The summed E-state index contributed by atoms with van der Waals surface area (Å²) >= 11 is -1.15. The molecular weight excluding hydrogens is 400 g/mol. The molecular formula is C23H36N2O4S. The maximum atomic E-state index is 12.9. The molecule has 3 atom stereocenters. The van der Waals surface area contributed by atoms with Crippen molar-refractivity contribution in [2.45, 2.75) is 70.6 Å². The van der Waals surface area contributed by atoms with E-state index in [2.05, 4.69) is 18.6 Å². The number of hydrogen-bond donors (Lipinski definition) is 1. The molecule has 2 fully saturated rings. The molecule has 1 heterocycles. The molecule has 0 spiro atoms. The van der Waals surface area contributed by atoms with Crippen molar-refractivity contribution in [2.75, 3.05) is 19.4 Å². The number of para-hydroxylation sites is 1. The SMILES string of the molecule is CC(C)C1CCC(OCC2C(N[S+](C)[O-])CCCN2C(=O)Oc2ccccc2)CC1. The lowest BCUT2D eigenvalue weighted by Gasteiger charge is -2.41. The second-order valence-electron chi connectivity index (χ2n) is 8.88. The fraction of sp³-hybridized carbons (Fsp3) is 0.696. The van der Waals surface area contributed by atoms with Crippen LogP contribution in [0.4, 0.5) is 4.79 Å². The van der Waals surface area contributed by atoms with E-state index >= 15 is 0 Å². The van der Waals surface area contributed by atoms with Gasteiger partial charge >= 0.3 is 6.09 Å². The number of piperidine rings is 1. The van der Waals surface area contributed by atoms with Crippen LogP contribution in [0.3, 0.4) is 0 Å². The Balaban J connectivity index is 1.62. The van der Waals surface area contributed by atoms with Gasteiger partial charge in [0.15, 0.2) is 0 Å². The first-order valence-electron chi connectivity index (χ1n) is 11.2. The molecule has 1 saturated carbocycles. The first kappa shape index (κ1) is 23.4. The van der Waals surface area contributed by atoms with Crippen LogP contribution >= 0.6 is 0 Å². The molecule has 3 rings (SSSR count). The van der Waals surface area contributed by atoms with Gasteiger partial charge < -0.3 is 18.9 Å². The van der Waals surface area contributed by atoms with Crippen LogP contribution in [-0.2, 0) is 16.1 Å². The lowest BCUT2D eigenvalue weighted by molar-refractivity contribution is -0.0278. The van der Waals surface area contributed by atoms with Gasteiger partial charge in [0, 0.05) is 17.9 Å². The predicted molar refractivity (Wildman–Crippen MR) is 120 cm³/mol. The van der Waals surface area contributed by atoms with E-state index in [0.29, 0.717) is 18.9 Å². The number of nitrogens with one attached hydrogen (secondary N) is 1. The van der Waals surface area contributed by atoms with Crippen molar-refractivity contribution in [3.63, 3.8) is 0 Å². The van der Waals surface area contributed by atoms with Crippen LogP contribution in [0.15, 0.2) is 30.3 Å². The minimum atomic E-state index is -1.15. The molecule has 1 aromatic carbocycles. The highest BCUT2D eigenvalue weighted by Gasteiger charge is 2.38. The number of rotatable bonds is 7. The van der Waals surface area contributed by atoms with Gasteiger partial charge in [0.1, 0.15) is 12.0 Å². The zero-order chi connectivity index (χ0) is 21.5. The number of carbonyl (C=O) groups excluding carboxylic acids is 1. The summed E-state index contributed by atoms with van der Waals surface area (Å²) in [5.74, 6) is 2.04. The Kier molecular flexibility index (Phi) is 8.86. The van der Waals surface area contributed by atoms with Crippen LogP contribution in [0.2, 0.25) is 0 Å². The molecule has 2 aliphatic rings. The van der Waals surface area contributed by atoms with Crippen molar-refractivity contribution < 1.29 is 18.8 Å². The van der Waals surface area contributed by atoms with Crippen molar-refractivity contribution >= 4 is 17.5 Å². The van der Waals surface area contributed by atoms with E-state index in [1.807, 2.05) is 18.2 Å². The molecule has 168 valence electrons. The van der Waals surface area contributed by atoms with E-state index in [-0.39, 0.29) is 24.3 Å². The Morgan fingerprint density at radius 2 is 1.90 bits per heavy atom. The fourth-order valence-electron chi connectivity index (χ4n) is 4.65. The van der Waals surface area contributed by atoms with Crippen molar-refractivity contribution in [2.24, 2.45) is 11.8 Å². The van der Waals surface area contributed by atoms with Crippen LogP contribution in [0.5, 0.6) is 5.75 Å². The molecule has 1 N–H and O–H groups in total. The molecule has 0 radical (unpaired) electrons. The van der Waals surface area contributed by atoms with E-state index < -0.39 is 11.4 Å². The minimum absolute atomic E-state index is 0.0695. The highest BCUT2D eigenvalue weighted by molar-refractivity contribution is 7.88. The first-order chi connectivity index (χ1) is 14.4. The van der Waals surface area contributed by atoms with E-state index in [4.69, 9.17) is 9.47 Å². The van der Waals surface area contributed by atoms with Crippen LogP contribution in [0.1, 0.15) is 52.4 Å². The maximum absolute atomic E-state index is 12.9. The highest BCUT2D eigenvalue weighted by Crippen LogP contribution is 2.32. The molecule has 1 saturated heterocycles. The molecule has 1 aliphatic carbocycles. The molecule has 1 aromatic rings. The van der Waals surface area contributed by atoms with Gasteiger partial charge in [0.2, 0.25) is 0 Å². The summed E-state index contributed by atoms with van der Waals surface area (Å²) in [4.78, 5) is 14.7. The highest BCUT2D eigenvalue weighted by atomic mass is 32.2. The second-order valence-corrected chi connectivity index (χ2v) is 10.0. The zero-order valence-electron chi connectivity index (χ0n) is 18.4. The summed E-state index contributed by atoms with van der Waals surface area (Å²) in [7, 11) is 0. The van der Waals surface area contributed by atoms with E-state index in [1.165, 1.54) is 12.8 Å². The molecule has 0 aromatic heterocycles. The summed E-state index contributed by atoms with van der Waals surface area (Å²) in [5, 5.41) is 0. The molecule has 6 nitrogen and oxygen atoms in total. The largest absolute Gasteiger partial charge is 0.598 e. The average molecular weight is 437 g/mol. The normalized spacial score (nSPS) is 28.4. The summed E-state index contributed by atoms with van der Waals surface area (Å²) in [5.41, 5.74) is 0. The topological polar surface area (TPSA) is 73.9 Å². The smallest absolute Gasteiger partial charge is 0.415 e. The predicted octanol–water partition coefficient (Wildman–Crippen LogP) is 4.13. The fourth-order valence-corrected chi connectivity index (χ4v) is 5.35. The van der Waals surface area contributed by atoms with Crippen LogP contribution in [0, 0.1) is 11.8 Å². The summed E-state index contributed by atoms with van der Waals surface area (Å²) in [6, 6.07) is 8.87. The van der Waals surface area contributed by atoms with Gasteiger partial charge in [-0.25, -0.2) is 4.79 Å². The van der Waals surface area contributed by atoms with Gasteiger partial charge in [-0.1, -0.05) is 32.0 Å². The third-order valence-corrected chi connectivity index (χ3v) is 7.08. The molecule has 1 aliphatic heterocycles. The number of likely N-dealkylation sites (tertiary alicyclic amines) is 1. The molecule has 30 heavy (non-hydrogen) atoms. The van der Waals surface area contributed by atoms with Crippen LogP contribution in [0.25, 0.3) is 0 Å². The van der Waals surface area contributed by atoms with Crippen molar-refractivity contribution in [1.82, 2.24) is 9.62 Å².